The van der Waals surface area contributed by atoms with E-state index in [9.17, 15) is 0 Å². The Balaban J connectivity index is 1.73. The molecule has 94 valence electrons. The molecule has 2 fully saturated rings. The van der Waals surface area contributed by atoms with Gasteiger partial charge in [-0.05, 0) is 56.8 Å². The Morgan fingerprint density at radius 1 is 1.38 bits per heavy atom. The van der Waals surface area contributed by atoms with Crippen molar-refractivity contribution in [2.45, 2.75) is 69.2 Å². The number of alkyl halides is 1. The summed E-state index contributed by atoms with van der Waals surface area (Å²) in [4.78, 5) is 0.702. The monoisotopic (exact) mass is 288 g/mol. The van der Waals surface area contributed by atoms with Crippen molar-refractivity contribution in [3.8, 4) is 0 Å². The van der Waals surface area contributed by atoms with Crippen molar-refractivity contribution in [3.63, 3.8) is 0 Å². The average molecular weight is 289 g/mol. The molecule has 1 saturated heterocycles. The van der Waals surface area contributed by atoms with Crippen LogP contribution >= 0.6 is 15.9 Å². The molecule has 0 radical (unpaired) electrons. The van der Waals surface area contributed by atoms with E-state index in [1.807, 2.05) is 0 Å². The molecule has 0 aromatic heterocycles. The van der Waals surface area contributed by atoms with E-state index in [0.717, 1.165) is 18.4 Å². The first-order valence-electron chi connectivity index (χ1n) is 6.89. The van der Waals surface area contributed by atoms with Crippen molar-refractivity contribution in [2.24, 2.45) is 11.8 Å². The maximum absolute atomic E-state index is 5.97. The second-order valence-corrected chi connectivity index (χ2v) is 7.26. The lowest BCUT2D eigenvalue weighted by Crippen LogP contribution is -2.45. The van der Waals surface area contributed by atoms with Crippen LogP contribution in [0.3, 0.4) is 0 Å². The van der Waals surface area contributed by atoms with Gasteiger partial charge in [-0.3, -0.25) is 0 Å². The van der Waals surface area contributed by atoms with E-state index < -0.39 is 0 Å². The second kappa shape index (κ2) is 5.39. The summed E-state index contributed by atoms with van der Waals surface area (Å²) in [5, 5.41) is 0. The highest BCUT2D eigenvalue weighted by Gasteiger charge is 2.42. The Bertz CT molecular complexity index is 223. The van der Waals surface area contributed by atoms with Gasteiger partial charge >= 0.3 is 0 Å². The molecule has 0 amide bonds. The molecule has 2 aliphatic rings. The largest absolute Gasteiger partial charge is 0.375 e. The lowest BCUT2D eigenvalue weighted by molar-refractivity contribution is -0.144. The minimum atomic E-state index is 0.336. The zero-order chi connectivity index (χ0) is 11.6. The van der Waals surface area contributed by atoms with Crippen molar-refractivity contribution in [2.75, 3.05) is 6.61 Å². The van der Waals surface area contributed by atoms with E-state index in [1.54, 1.807) is 0 Å². The van der Waals surface area contributed by atoms with Gasteiger partial charge in [-0.1, -0.05) is 29.8 Å². The van der Waals surface area contributed by atoms with Gasteiger partial charge in [0, 0.05) is 11.4 Å². The summed E-state index contributed by atoms with van der Waals surface area (Å²) >= 11 is 3.80. The minimum Gasteiger partial charge on any atom is -0.375 e. The normalized spacial score (nSPS) is 30.4. The maximum atomic E-state index is 5.97. The molecule has 2 rings (SSSR count). The minimum absolute atomic E-state index is 0.336. The van der Waals surface area contributed by atoms with E-state index in [4.69, 9.17) is 4.74 Å². The topological polar surface area (TPSA) is 9.23 Å². The van der Waals surface area contributed by atoms with Gasteiger partial charge < -0.3 is 4.74 Å². The molecule has 16 heavy (non-hydrogen) atoms. The lowest BCUT2D eigenvalue weighted by atomic mass is 9.71. The molecule has 0 aromatic rings. The maximum Gasteiger partial charge on any atom is 0.0685 e. The quantitative estimate of drug-likeness (QED) is 0.691. The summed E-state index contributed by atoms with van der Waals surface area (Å²) in [6.07, 6.45) is 9.39. The Morgan fingerprint density at radius 3 is 2.69 bits per heavy atom. The van der Waals surface area contributed by atoms with E-state index in [-0.39, 0.29) is 0 Å². The standard InChI is InChI=1S/C14H25BrO/c1-11(2)13(15)5-4-12-6-9-16-14(10-12)7-3-8-14/h11-13H,3-10H2,1-2H3. The van der Waals surface area contributed by atoms with Crippen LogP contribution in [0.15, 0.2) is 0 Å². The molecule has 2 unspecified atom stereocenters. The molecule has 0 N–H and O–H groups in total. The molecule has 1 aliphatic carbocycles. The lowest BCUT2D eigenvalue weighted by Gasteiger charge is -2.47. The van der Waals surface area contributed by atoms with Gasteiger partial charge in [0.05, 0.1) is 5.60 Å². The molecule has 0 aromatic carbocycles. The predicted octanol–water partition coefficient (Wildman–Crippen LogP) is 4.54. The zero-order valence-electron chi connectivity index (χ0n) is 10.7. The summed E-state index contributed by atoms with van der Waals surface area (Å²) < 4.78 is 5.97. The first-order valence-corrected chi connectivity index (χ1v) is 7.81. The zero-order valence-corrected chi connectivity index (χ0v) is 12.3. The highest BCUT2D eigenvalue weighted by Crippen LogP contribution is 2.45. The molecule has 1 heterocycles. The van der Waals surface area contributed by atoms with Crippen molar-refractivity contribution in [3.05, 3.63) is 0 Å². The number of hydrogen-bond donors (Lipinski definition) is 0. The van der Waals surface area contributed by atoms with Gasteiger partial charge in [-0.15, -0.1) is 0 Å². The summed E-state index contributed by atoms with van der Waals surface area (Å²) in [6, 6.07) is 0. The molecule has 1 aliphatic heterocycles. The van der Waals surface area contributed by atoms with Crippen molar-refractivity contribution in [1.29, 1.82) is 0 Å². The van der Waals surface area contributed by atoms with Crippen LogP contribution < -0.4 is 0 Å². The molecule has 2 atom stereocenters. The van der Waals surface area contributed by atoms with Gasteiger partial charge in [-0.2, -0.15) is 0 Å². The first kappa shape index (κ1) is 12.9. The third kappa shape index (κ3) is 3.01. The number of rotatable bonds is 4. The molecule has 1 saturated carbocycles. The van der Waals surface area contributed by atoms with Crippen LogP contribution in [0.1, 0.15) is 58.8 Å². The highest BCUT2D eigenvalue weighted by molar-refractivity contribution is 9.09. The van der Waals surface area contributed by atoms with Crippen LogP contribution in [0, 0.1) is 11.8 Å². The van der Waals surface area contributed by atoms with Gasteiger partial charge in [0.15, 0.2) is 0 Å². The van der Waals surface area contributed by atoms with Crippen LogP contribution in [0.25, 0.3) is 0 Å². The van der Waals surface area contributed by atoms with Crippen LogP contribution in [0.4, 0.5) is 0 Å². The fourth-order valence-electron chi connectivity index (χ4n) is 3.02. The molecule has 1 spiro atoms. The predicted molar refractivity (Wildman–Crippen MR) is 72.0 cm³/mol. The molecule has 1 nitrogen and oxygen atoms in total. The van der Waals surface area contributed by atoms with Crippen LogP contribution in [0.5, 0.6) is 0 Å². The Kier molecular flexibility index (Phi) is 4.34. The van der Waals surface area contributed by atoms with Gasteiger partial charge in [0.1, 0.15) is 0 Å². The van der Waals surface area contributed by atoms with Gasteiger partial charge in [0.25, 0.3) is 0 Å². The summed E-state index contributed by atoms with van der Waals surface area (Å²) in [5.74, 6) is 1.69. The van der Waals surface area contributed by atoms with E-state index in [1.165, 1.54) is 44.9 Å². The van der Waals surface area contributed by atoms with E-state index >= 15 is 0 Å². The molecular weight excluding hydrogens is 264 g/mol. The summed E-state index contributed by atoms with van der Waals surface area (Å²) in [7, 11) is 0. The van der Waals surface area contributed by atoms with Crippen molar-refractivity contribution in [1.82, 2.24) is 0 Å². The van der Waals surface area contributed by atoms with E-state index in [0.29, 0.717) is 10.4 Å². The van der Waals surface area contributed by atoms with Gasteiger partial charge in [0.2, 0.25) is 0 Å². The molecule has 2 heteroatoms. The number of halogens is 1. The third-order valence-electron chi connectivity index (χ3n) is 4.43. The Labute approximate surface area is 108 Å². The first-order chi connectivity index (χ1) is 7.61. The fraction of sp³-hybridized carbons (Fsp3) is 1.00. The van der Waals surface area contributed by atoms with Crippen LogP contribution in [-0.2, 0) is 4.74 Å². The molecule has 0 bridgehead atoms. The molecular formula is C14H25BrO. The Morgan fingerprint density at radius 2 is 2.12 bits per heavy atom. The SMILES string of the molecule is CC(C)C(Br)CCC1CCOC2(CCC2)C1. The summed E-state index contributed by atoms with van der Waals surface area (Å²) in [5.41, 5.74) is 0.336. The van der Waals surface area contributed by atoms with Gasteiger partial charge in [-0.25, -0.2) is 0 Å². The van der Waals surface area contributed by atoms with Crippen LogP contribution in [-0.4, -0.2) is 17.0 Å². The smallest absolute Gasteiger partial charge is 0.0685 e. The van der Waals surface area contributed by atoms with Crippen molar-refractivity contribution >= 4 is 15.9 Å². The third-order valence-corrected chi connectivity index (χ3v) is 5.95. The highest BCUT2D eigenvalue weighted by atomic mass is 79.9. The number of ether oxygens (including phenoxy) is 1. The number of hydrogen-bond acceptors (Lipinski definition) is 1. The summed E-state index contributed by atoms with van der Waals surface area (Å²) in [6.45, 7) is 5.62. The van der Waals surface area contributed by atoms with Crippen molar-refractivity contribution < 1.29 is 4.74 Å². The Hall–Kier alpha value is 0.440. The van der Waals surface area contributed by atoms with E-state index in [2.05, 4.69) is 29.8 Å². The fourth-order valence-corrected chi connectivity index (χ4v) is 3.29. The second-order valence-electron chi connectivity index (χ2n) is 6.08. The van der Waals surface area contributed by atoms with Crippen LogP contribution in [0.2, 0.25) is 0 Å². The average Bonchev–Trinajstić information content (AvgIpc) is 2.24.